The molecule has 0 spiro atoms. The van der Waals surface area contributed by atoms with E-state index in [0.29, 0.717) is 0 Å². The van der Waals surface area contributed by atoms with Gasteiger partial charge in [-0.1, -0.05) is 53.7 Å². The Balaban J connectivity index is 2.50. The summed E-state index contributed by atoms with van der Waals surface area (Å²) < 4.78 is 12.7. The van der Waals surface area contributed by atoms with E-state index in [1.165, 1.54) is 0 Å². The molecule has 0 aliphatic carbocycles. The van der Waals surface area contributed by atoms with E-state index in [0.717, 1.165) is 11.5 Å². The molecule has 1 aromatic rings. The van der Waals surface area contributed by atoms with Gasteiger partial charge in [0.25, 0.3) is 0 Å². The molecule has 0 saturated carbocycles. The van der Waals surface area contributed by atoms with Gasteiger partial charge in [0.05, 0.1) is 0 Å². The highest BCUT2D eigenvalue weighted by atomic mass is 28.4. The van der Waals surface area contributed by atoms with Gasteiger partial charge in [0, 0.05) is 10.1 Å². The van der Waals surface area contributed by atoms with Gasteiger partial charge in [-0.2, -0.15) is 0 Å². The largest absolute Gasteiger partial charge is 0.508 e. The third-order valence-electron chi connectivity index (χ3n) is 3.33. The highest BCUT2D eigenvalue weighted by Gasteiger charge is 2.64. The minimum absolute atomic E-state index is 0.0320. The SMILES string of the molecule is CC(C)(C)[Si]1(C(C)(C)C)Oc2ccccc2O1. The fourth-order valence-corrected chi connectivity index (χ4v) is 7.16. The molecule has 1 heterocycles. The first kappa shape index (κ1) is 12.5. The molecule has 0 unspecified atom stereocenters. The molecule has 0 amide bonds. The predicted molar refractivity (Wildman–Crippen MR) is 72.9 cm³/mol. The Labute approximate surface area is 105 Å². The van der Waals surface area contributed by atoms with Crippen LogP contribution in [0, 0.1) is 0 Å². The zero-order valence-corrected chi connectivity index (χ0v) is 12.6. The Kier molecular flexibility index (Phi) is 2.58. The fourth-order valence-electron chi connectivity index (χ4n) is 2.69. The van der Waals surface area contributed by atoms with E-state index in [4.69, 9.17) is 8.85 Å². The summed E-state index contributed by atoms with van der Waals surface area (Å²) in [5.74, 6) is 1.81. The molecular weight excluding hydrogens is 228 g/mol. The first-order chi connectivity index (χ1) is 7.67. The third kappa shape index (κ3) is 1.77. The lowest BCUT2D eigenvalue weighted by atomic mass is 10.2. The maximum atomic E-state index is 6.34. The third-order valence-corrected chi connectivity index (χ3v) is 8.30. The molecule has 0 saturated heterocycles. The summed E-state index contributed by atoms with van der Waals surface area (Å²) in [6, 6.07) is 8.00. The lowest BCUT2D eigenvalue weighted by Gasteiger charge is -2.43. The van der Waals surface area contributed by atoms with Crippen LogP contribution in [0.15, 0.2) is 24.3 Å². The topological polar surface area (TPSA) is 18.5 Å². The maximum absolute atomic E-state index is 6.34. The Morgan fingerprint density at radius 2 is 1.12 bits per heavy atom. The quantitative estimate of drug-likeness (QED) is 0.631. The number of benzene rings is 1. The molecule has 1 aromatic carbocycles. The molecule has 0 fully saturated rings. The molecule has 0 aromatic heterocycles. The predicted octanol–water partition coefficient (Wildman–Crippen LogP) is 4.50. The number of hydrogen-bond acceptors (Lipinski definition) is 2. The van der Waals surface area contributed by atoms with Crippen molar-refractivity contribution in [1.29, 1.82) is 0 Å². The summed E-state index contributed by atoms with van der Waals surface area (Å²) in [7, 11) is -2.34. The van der Waals surface area contributed by atoms with Gasteiger partial charge in [-0.3, -0.25) is 0 Å². The van der Waals surface area contributed by atoms with Gasteiger partial charge in [-0.15, -0.1) is 0 Å². The van der Waals surface area contributed by atoms with Crippen molar-refractivity contribution in [3.63, 3.8) is 0 Å². The van der Waals surface area contributed by atoms with Gasteiger partial charge in [0.15, 0.2) is 0 Å². The Morgan fingerprint density at radius 1 is 0.765 bits per heavy atom. The number of hydrogen-bond donors (Lipinski definition) is 0. The van der Waals surface area contributed by atoms with Crippen molar-refractivity contribution in [1.82, 2.24) is 0 Å². The van der Waals surface area contributed by atoms with Crippen molar-refractivity contribution >= 4 is 8.56 Å². The molecule has 17 heavy (non-hydrogen) atoms. The summed E-state index contributed by atoms with van der Waals surface area (Å²) in [6.45, 7) is 13.3. The van der Waals surface area contributed by atoms with Crippen molar-refractivity contribution in [2.24, 2.45) is 0 Å². The normalized spacial score (nSPS) is 18.2. The zero-order valence-electron chi connectivity index (χ0n) is 11.6. The van der Waals surface area contributed by atoms with Crippen LogP contribution in [0.1, 0.15) is 41.5 Å². The van der Waals surface area contributed by atoms with Crippen LogP contribution >= 0.6 is 0 Å². The summed E-state index contributed by atoms with van der Waals surface area (Å²) in [5, 5.41) is 0.0640. The molecule has 0 atom stereocenters. The number of fused-ring (bicyclic) bond motifs is 1. The van der Waals surface area contributed by atoms with Crippen molar-refractivity contribution in [2.45, 2.75) is 51.6 Å². The van der Waals surface area contributed by atoms with Gasteiger partial charge in [-0.25, -0.2) is 0 Å². The Bertz CT molecular complexity index is 386. The van der Waals surface area contributed by atoms with Gasteiger partial charge < -0.3 is 8.85 Å². The average molecular weight is 250 g/mol. The fraction of sp³-hybridized carbons (Fsp3) is 0.571. The Morgan fingerprint density at radius 3 is 1.41 bits per heavy atom. The van der Waals surface area contributed by atoms with Crippen LogP contribution in [-0.4, -0.2) is 8.56 Å². The van der Waals surface area contributed by atoms with Gasteiger partial charge >= 0.3 is 8.56 Å². The molecule has 94 valence electrons. The highest BCUT2D eigenvalue weighted by Crippen LogP contribution is 2.56. The van der Waals surface area contributed by atoms with Crippen molar-refractivity contribution in [2.75, 3.05) is 0 Å². The van der Waals surface area contributed by atoms with Crippen LogP contribution in [0.25, 0.3) is 0 Å². The molecule has 0 bridgehead atoms. The second-order valence-corrected chi connectivity index (χ2v) is 11.4. The van der Waals surface area contributed by atoms with Crippen molar-refractivity contribution in [3.8, 4) is 11.5 Å². The van der Waals surface area contributed by atoms with Crippen LogP contribution in [0.4, 0.5) is 0 Å². The standard InChI is InChI=1S/C14H22O2Si/c1-13(2,3)17(14(4,5)6)15-11-9-7-8-10-12(11)16-17/h7-10H,1-6H3. The van der Waals surface area contributed by atoms with Crippen molar-refractivity contribution in [3.05, 3.63) is 24.3 Å². The summed E-state index contributed by atoms with van der Waals surface area (Å²) >= 11 is 0. The van der Waals surface area contributed by atoms with Crippen LogP contribution < -0.4 is 8.85 Å². The molecule has 1 aliphatic heterocycles. The monoisotopic (exact) mass is 250 g/mol. The van der Waals surface area contributed by atoms with E-state index in [-0.39, 0.29) is 10.1 Å². The van der Waals surface area contributed by atoms with Crippen LogP contribution in [-0.2, 0) is 0 Å². The number of para-hydroxylation sites is 2. The van der Waals surface area contributed by atoms with E-state index in [1.807, 2.05) is 24.3 Å². The highest BCUT2D eigenvalue weighted by molar-refractivity contribution is 6.75. The molecule has 2 rings (SSSR count). The van der Waals surface area contributed by atoms with Gasteiger partial charge in [0.1, 0.15) is 11.5 Å². The smallest absolute Gasteiger partial charge is 0.471 e. The minimum Gasteiger partial charge on any atom is -0.508 e. The second kappa shape index (κ2) is 3.51. The van der Waals surface area contributed by atoms with E-state index in [1.54, 1.807) is 0 Å². The van der Waals surface area contributed by atoms with Crippen molar-refractivity contribution < 1.29 is 8.85 Å². The van der Waals surface area contributed by atoms with Crippen LogP contribution in [0.3, 0.4) is 0 Å². The molecular formula is C14H22O2Si. The van der Waals surface area contributed by atoms with Crippen LogP contribution in [0.5, 0.6) is 11.5 Å². The number of rotatable bonds is 0. The zero-order chi connectivity index (χ0) is 12.9. The van der Waals surface area contributed by atoms with E-state index in [9.17, 15) is 0 Å². The minimum atomic E-state index is -2.34. The lowest BCUT2D eigenvalue weighted by Crippen LogP contribution is -2.59. The van der Waals surface area contributed by atoms with E-state index >= 15 is 0 Å². The van der Waals surface area contributed by atoms with Gasteiger partial charge in [0.2, 0.25) is 0 Å². The average Bonchev–Trinajstić information content (AvgIpc) is 2.55. The molecule has 0 N–H and O–H groups in total. The lowest BCUT2D eigenvalue weighted by molar-refractivity contribution is 0.341. The molecule has 2 nitrogen and oxygen atoms in total. The second-order valence-electron chi connectivity index (χ2n) is 6.77. The van der Waals surface area contributed by atoms with E-state index < -0.39 is 8.56 Å². The summed E-state index contributed by atoms with van der Waals surface area (Å²) in [5.41, 5.74) is 0. The molecule has 1 aliphatic rings. The van der Waals surface area contributed by atoms with Crippen LogP contribution in [0.2, 0.25) is 10.1 Å². The van der Waals surface area contributed by atoms with E-state index in [2.05, 4.69) is 41.5 Å². The first-order valence-corrected chi connectivity index (χ1v) is 7.96. The summed E-state index contributed by atoms with van der Waals surface area (Å²) in [6.07, 6.45) is 0. The molecule has 3 heteroatoms. The molecule has 0 radical (unpaired) electrons. The summed E-state index contributed by atoms with van der Waals surface area (Å²) in [4.78, 5) is 0. The first-order valence-electron chi connectivity index (χ1n) is 6.14. The maximum Gasteiger partial charge on any atom is 0.471 e. The Hall–Kier alpha value is -0.963. The van der Waals surface area contributed by atoms with Gasteiger partial charge in [-0.05, 0) is 12.1 Å².